The van der Waals surface area contributed by atoms with E-state index in [4.69, 9.17) is 10.8 Å². The lowest BCUT2D eigenvalue weighted by Crippen LogP contribution is -1.84. The smallest absolute Gasteiger partial charge is 0.0774 e. The number of halogens is 1. The average molecular weight is 305 g/mol. The molecule has 1 aromatic heterocycles. The van der Waals surface area contributed by atoms with Gasteiger partial charge in [-0.25, -0.2) is 0 Å². The van der Waals surface area contributed by atoms with Crippen molar-refractivity contribution < 1.29 is 5.11 Å². The first-order chi connectivity index (χ1) is 6.20. The summed E-state index contributed by atoms with van der Waals surface area (Å²) in [4.78, 5) is 0.962. The summed E-state index contributed by atoms with van der Waals surface area (Å²) < 4.78 is 2.20. The SMILES string of the molecule is Nc1cc(I)cc2cc(CO)sc12. The molecule has 0 atom stereocenters. The average Bonchev–Trinajstić information content (AvgIpc) is 2.47. The minimum Gasteiger partial charge on any atom is -0.398 e. The number of fused-ring (bicyclic) bond motifs is 1. The maximum Gasteiger partial charge on any atom is 0.0774 e. The van der Waals surface area contributed by atoms with E-state index in [9.17, 15) is 0 Å². The van der Waals surface area contributed by atoms with Gasteiger partial charge in [-0.2, -0.15) is 0 Å². The first kappa shape index (κ1) is 9.23. The summed E-state index contributed by atoms with van der Waals surface area (Å²) in [5, 5.41) is 10.1. The number of aliphatic hydroxyl groups excluding tert-OH is 1. The third-order valence-electron chi connectivity index (χ3n) is 1.82. The topological polar surface area (TPSA) is 46.2 Å². The fourth-order valence-corrected chi connectivity index (χ4v) is 2.87. The molecule has 2 aromatic rings. The summed E-state index contributed by atoms with van der Waals surface area (Å²) in [6.07, 6.45) is 0. The molecule has 13 heavy (non-hydrogen) atoms. The van der Waals surface area contributed by atoms with E-state index in [0.717, 1.165) is 24.2 Å². The molecular weight excluding hydrogens is 297 g/mol. The van der Waals surface area contributed by atoms with Crippen LogP contribution in [0.4, 0.5) is 5.69 Å². The molecule has 0 aliphatic heterocycles. The van der Waals surface area contributed by atoms with Gasteiger partial charge in [-0.05, 0) is 46.2 Å². The minimum absolute atomic E-state index is 0.0926. The molecule has 0 saturated carbocycles. The van der Waals surface area contributed by atoms with Gasteiger partial charge in [0.05, 0.1) is 17.0 Å². The van der Waals surface area contributed by atoms with E-state index >= 15 is 0 Å². The maximum absolute atomic E-state index is 8.97. The molecular formula is C9H8INOS. The van der Waals surface area contributed by atoms with Crippen LogP contribution >= 0.6 is 33.9 Å². The number of rotatable bonds is 1. The van der Waals surface area contributed by atoms with Crippen LogP contribution in [0.5, 0.6) is 0 Å². The van der Waals surface area contributed by atoms with Gasteiger partial charge in [0, 0.05) is 8.45 Å². The number of anilines is 1. The van der Waals surface area contributed by atoms with Crippen molar-refractivity contribution in [3.05, 3.63) is 26.6 Å². The van der Waals surface area contributed by atoms with E-state index in [-0.39, 0.29) is 6.61 Å². The van der Waals surface area contributed by atoms with Crippen molar-refractivity contribution in [1.82, 2.24) is 0 Å². The Morgan fingerprint density at radius 1 is 1.38 bits per heavy atom. The molecule has 1 aromatic carbocycles. The first-order valence-corrected chi connectivity index (χ1v) is 5.68. The second-order valence-electron chi connectivity index (χ2n) is 2.78. The van der Waals surface area contributed by atoms with Gasteiger partial charge in [-0.3, -0.25) is 0 Å². The van der Waals surface area contributed by atoms with Gasteiger partial charge in [0.25, 0.3) is 0 Å². The largest absolute Gasteiger partial charge is 0.398 e. The number of benzene rings is 1. The lowest BCUT2D eigenvalue weighted by atomic mass is 10.2. The molecule has 0 aliphatic carbocycles. The number of hydrogen-bond donors (Lipinski definition) is 2. The van der Waals surface area contributed by atoms with Gasteiger partial charge in [-0.1, -0.05) is 0 Å². The lowest BCUT2D eigenvalue weighted by Gasteiger charge is -1.96. The van der Waals surface area contributed by atoms with E-state index in [1.54, 1.807) is 11.3 Å². The highest BCUT2D eigenvalue weighted by Gasteiger charge is 2.04. The number of nitrogens with two attached hydrogens (primary N) is 1. The summed E-state index contributed by atoms with van der Waals surface area (Å²) in [6.45, 7) is 0.0926. The minimum atomic E-state index is 0.0926. The molecule has 3 N–H and O–H groups in total. The molecule has 68 valence electrons. The van der Waals surface area contributed by atoms with Crippen molar-refractivity contribution in [1.29, 1.82) is 0 Å². The van der Waals surface area contributed by atoms with Gasteiger partial charge in [0.1, 0.15) is 0 Å². The van der Waals surface area contributed by atoms with Gasteiger partial charge >= 0.3 is 0 Å². The van der Waals surface area contributed by atoms with Crippen molar-refractivity contribution in [2.24, 2.45) is 0 Å². The van der Waals surface area contributed by atoms with E-state index < -0.39 is 0 Å². The Balaban J connectivity index is 2.75. The Morgan fingerprint density at radius 3 is 2.85 bits per heavy atom. The van der Waals surface area contributed by atoms with Crippen molar-refractivity contribution >= 4 is 49.7 Å². The third-order valence-corrected chi connectivity index (χ3v) is 3.62. The van der Waals surface area contributed by atoms with Crippen LogP contribution in [-0.2, 0) is 6.61 Å². The molecule has 0 radical (unpaired) electrons. The van der Waals surface area contributed by atoms with Crippen molar-refractivity contribution in [2.75, 3.05) is 5.73 Å². The molecule has 4 heteroatoms. The quantitative estimate of drug-likeness (QED) is 0.628. The van der Waals surface area contributed by atoms with Crippen LogP contribution in [0.15, 0.2) is 18.2 Å². The zero-order valence-corrected chi connectivity index (χ0v) is 9.72. The molecule has 0 unspecified atom stereocenters. The predicted octanol–water partition coefficient (Wildman–Crippen LogP) is 2.58. The number of hydrogen-bond acceptors (Lipinski definition) is 3. The number of thiophene rings is 1. The first-order valence-electron chi connectivity index (χ1n) is 3.79. The molecule has 0 saturated heterocycles. The summed E-state index contributed by atoms with van der Waals surface area (Å²) in [5.41, 5.74) is 6.65. The van der Waals surface area contributed by atoms with Crippen LogP contribution in [0.1, 0.15) is 4.88 Å². The molecule has 2 nitrogen and oxygen atoms in total. The number of aliphatic hydroxyl groups is 1. The number of nitrogen functional groups attached to an aromatic ring is 1. The second kappa shape index (κ2) is 3.43. The highest BCUT2D eigenvalue weighted by atomic mass is 127. The highest BCUT2D eigenvalue weighted by molar-refractivity contribution is 14.1. The summed E-state index contributed by atoms with van der Waals surface area (Å²) in [7, 11) is 0. The monoisotopic (exact) mass is 305 g/mol. The Morgan fingerprint density at radius 2 is 2.15 bits per heavy atom. The predicted molar refractivity (Wildman–Crippen MR) is 64.9 cm³/mol. The lowest BCUT2D eigenvalue weighted by molar-refractivity contribution is 0.285. The molecule has 1 heterocycles. The molecule has 2 rings (SSSR count). The zero-order chi connectivity index (χ0) is 9.42. The molecule has 0 fully saturated rings. The van der Waals surface area contributed by atoms with E-state index in [1.165, 1.54) is 0 Å². The summed E-state index contributed by atoms with van der Waals surface area (Å²) in [6, 6.07) is 6.00. The van der Waals surface area contributed by atoms with E-state index in [0.29, 0.717) is 0 Å². The molecule has 0 aliphatic rings. The highest BCUT2D eigenvalue weighted by Crippen LogP contribution is 2.32. The second-order valence-corrected chi connectivity index (χ2v) is 5.17. The van der Waals surface area contributed by atoms with Gasteiger partial charge in [-0.15, -0.1) is 11.3 Å². The Kier molecular flexibility index (Phi) is 2.44. The van der Waals surface area contributed by atoms with Crippen molar-refractivity contribution in [3.63, 3.8) is 0 Å². The molecule has 0 bridgehead atoms. The maximum atomic E-state index is 8.97. The zero-order valence-electron chi connectivity index (χ0n) is 6.75. The normalized spacial score (nSPS) is 10.9. The van der Waals surface area contributed by atoms with Crippen molar-refractivity contribution in [3.8, 4) is 0 Å². The van der Waals surface area contributed by atoms with Crippen LogP contribution in [-0.4, -0.2) is 5.11 Å². The Bertz CT molecular complexity index is 452. The van der Waals surface area contributed by atoms with E-state index in [2.05, 4.69) is 28.7 Å². The van der Waals surface area contributed by atoms with Crippen LogP contribution in [0, 0.1) is 3.57 Å². The standard InChI is InChI=1S/C9H8INOS/c10-6-1-5-2-7(4-12)13-9(5)8(11)3-6/h1-3,12H,4,11H2. The molecule has 0 amide bonds. The fourth-order valence-electron chi connectivity index (χ4n) is 1.27. The van der Waals surface area contributed by atoms with Crippen LogP contribution in [0.25, 0.3) is 10.1 Å². The van der Waals surface area contributed by atoms with Crippen LogP contribution in [0.3, 0.4) is 0 Å². The van der Waals surface area contributed by atoms with E-state index in [1.807, 2.05) is 12.1 Å². The van der Waals surface area contributed by atoms with Crippen LogP contribution < -0.4 is 5.73 Å². The van der Waals surface area contributed by atoms with Crippen LogP contribution in [0.2, 0.25) is 0 Å². The third kappa shape index (κ3) is 1.66. The Labute approximate surface area is 93.5 Å². The summed E-state index contributed by atoms with van der Waals surface area (Å²) in [5.74, 6) is 0. The molecule has 0 spiro atoms. The van der Waals surface area contributed by atoms with Gasteiger partial charge < -0.3 is 10.8 Å². The van der Waals surface area contributed by atoms with Crippen molar-refractivity contribution in [2.45, 2.75) is 6.61 Å². The van der Waals surface area contributed by atoms with Gasteiger partial charge in [0.15, 0.2) is 0 Å². The summed E-state index contributed by atoms with van der Waals surface area (Å²) >= 11 is 3.79. The van der Waals surface area contributed by atoms with Gasteiger partial charge in [0.2, 0.25) is 0 Å². The Hall–Kier alpha value is -0.330. The fraction of sp³-hybridized carbons (Fsp3) is 0.111.